The minimum absolute atomic E-state index is 0.0666. The van der Waals surface area contributed by atoms with Crippen molar-refractivity contribution in [2.24, 2.45) is 0 Å². The van der Waals surface area contributed by atoms with Crippen LogP contribution in [-0.4, -0.2) is 12.6 Å². The van der Waals surface area contributed by atoms with Gasteiger partial charge in [-0.3, -0.25) is 0 Å². The fourth-order valence-electron chi connectivity index (χ4n) is 1.63. The van der Waals surface area contributed by atoms with Crippen LogP contribution in [-0.2, 0) is 4.74 Å². The molecule has 0 aliphatic rings. The minimum Gasteiger partial charge on any atom is -0.618 e. The van der Waals surface area contributed by atoms with E-state index < -0.39 is 5.97 Å². The third kappa shape index (κ3) is 3.26. The van der Waals surface area contributed by atoms with Crippen molar-refractivity contribution in [2.45, 2.75) is 13.8 Å². The number of aromatic nitrogens is 1. The number of nitrogens with zero attached hydrogens (tertiary/aromatic N) is 1. The van der Waals surface area contributed by atoms with Crippen LogP contribution in [0.15, 0.2) is 42.6 Å². The molecule has 104 valence electrons. The highest BCUT2D eigenvalue weighted by atomic mass is 16.5. The monoisotopic (exact) mass is 273 g/mol. The molecule has 0 aliphatic carbocycles. The van der Waals surface area contributed by atoms with E-state index in [1.807, 2.05) is 31.2 Å². The van der Waals surface area contributed by atoms with Gasteiger partial charge in [0, 0.05) is 6.07 Å². The Bertz CT molecular complexity index is 608. The van der Waals surface area contributed by atoms with Crippen LogP contribution in [0.2, 0.25) is 0 Å². The van der Waals surface area contributed by atoms with Crippen molar-refractivity contribution in [1.82, 2.24) is 0 Å². The molecule has 0 saturated heterocycles. The quantitative estimate of drug-likeness (QED) is 0.488. The maximum atomic E-state index is 11.7. The first kappa shape index (κ1) is 13.9. The summed E-state index contributed by atoms with van der Waals surface area (Å²) in [6, 6.07) is 10.4. The number of rotatable bonds is 4. The van der Waals surface area contributed by atoms with Crippen LogP contribution in [0.5, 0.6) is 11.5 Å². The number of carbonyl (C=O) groups excluding carboxylic acids is 1. The third-order valence-corrected chi connectivity index (χ3v) is 2.63. The molecule has 0 spiro atoms. The lowest BCUT2D eigenvalue weighted by Crippen LogP contribution is -2.34. The standard InChI is InChI=1S/C15H15NO4/c1-3-19-15(17)14-9-8-13(10-16(14)18)20-12-6-4-11(2)5-7-12/h4-10H,3H2,1-2H3. The lowest BCUT2D eigenvalue weighted by atomic mass is 10.2. The van der Waals surface area contributed by atoms with Crippen molar-refractivity contribution >= 4 is 5.97 Å². The van der Waals surface area contributed by atoms with Crippen LogP contribution >= 0.6 is 0 Å². The van der Waals surface area contributed by atoms with E-state index in [1.54, 1.807) is 13.0 Å². The van der Waals surface area contributed by atoms with E-state index in [9.17, 15) is 10.0 Å². The molecule has 0 unspecified atom stereocenters. The van der Waals surface area contributed by atoms with E-state index in [2.05, 4.69) is 0 Å². The van der Waals surface area contributed by atoms with Crippen LogP contribution < -0.4 is 9.47 Å². The Morgan fingerprint density at radius 2 is 1.80 bits per heavy atom. The Morgan fingerprint density at radius 3 is 2.40 bits per heavy atom. The number of esters is 1. The number of hydrogen-bond donors (Lipinski definition) is 0. The number of carbonyl (C=O) groups is 1. The van der Waals surface area contributed by atoms with Crippen LogP contribution in [0.25, 0.3) is 0 Å². The van der Waals surface area contributed by atoms with Crippen LogP contribution in [0.1, 0.15) is 23.0 Å². The highest BCUT2D eigenvalue weighted by Gasteiger charge is 2.18. The van der Waals surface area contributed by atoms with Crippen molar-refractivity contribution in [3.8, 4) is 11.5 Å². The van der Waals surface area contributed by atoms with Gasteiger partial charge in [0.2, 0.25) is 6.20 Å². The molecule has 0 amide bonds. The maximum Gasteiger partial charge on any atom is 0.405 e. The summed E-state index contributed by atoms with van der Waals surface area (Å²) in [6.07, 6.45) is 1.20. The first-order valence-corrected chi connectivity index (χ1v) is 6.25. The second kappa shape index (κ2) is 6.06. The molecule has 1 aromatic heterocycles. The summed E-state index contributed by atoms with van der Waals surface area (Å²) in [5, 5.41) is 11.7. The Balaban J connectivity index is 2.16. The van der Waals surface area contributed by atoms with Crippen LogP contribution in [0.4, 0.5) is 0 Å². The molecular formula is C15H15NO4. The van der Waals surface area contributed by atoms with Gasteiger partial charge in [-0.1, -0.05) is 17.7 Å². The largest absolute Gasteiger partial charge is 0.618 e. The fourth-order valence-corrected chi connectivity index (χ4v) is 1.63. The second-order valence-corrected chi connectivity index (χ2v) is 4.21. The van der Waals surface area contributed by atoms with Gasteiger partial charge in [0.05, 0.1) is 6.61 Å². The molecule has 5 nitrogen and oxygen atoms in total. The number of benzene rings is 1. The van der Waals surface area contributed by atoms with Gasteiger partial charge in [-0.15, -0.1) is 0 Å². The van der Waals surface area contributed by atoms with Crippen molar-refractivity contribution in [3.63, 3.8) is 0 Å². The van der Waals surface area contributed by atoms with Gasteiger partial charge in [-0.25, -0.2) is 4.79 Å². The Kier molecular flexibility index (Phi) is 4.20. The molecule has 0 saturated carbocycles. The summed E-state index contributed by atoms with van der Waals surface area (Å²) in [5.74, 6) is 0.334. The zero-order valence-corrected chi connectivity index (χ0v) is 11.3. The van der Waals surface area contributed by atoms with E-state index in [0.717, 1.165) is 5.56 Å². The van der Waals surface area contributed by atoms with Crippen LogP contribution in [0, 0.1) is 12.1 Å². The third-order valence-electron chi connectivity index (χ3n) is 2.63. The molecule has 0 fully saturated rings. The number of pyridine rings is 1. The molecule has 0 aliphatic heterocycles. The predicted octanol–water partition coefficient (Wildman–Crippen LogP) is 2.60. The first-order valence-electron chi connectivity index (χ1n) is 6.25. The molecule has 0 bridgehead atoms. The van der Waals surface area contributed by atoms with E-state index >= 15 is 0 Å². The van der Waals surface area contributed by atoms with Crippen molar-refractivity contribution in [2.75, 3.05) is 6.61 Å². The van der Waals surface area contributed by atoms with Gasteiger partial charge in [-0.05, 0) is 32.0 Å². The van der Waals surface area contributed by atoms with E-state index in [1.165, 1.54) is 12.3 Å². The molecule has 5 heteroatoms. The van der Waals surface area contributed by atoms with Gasteiger partial charge in [0.15, 0.2) is 5.75 Å². The smallest absolute Gasteiger partial charge is 0.405 e. The highest BCUT2D eigenvalue weighted by Crippen LogP contribution is 2.20. The molecule has 2 rings (SSSR count). The van der Waals surface area contributed by atoms with Crippen LogP contribution in [0.3, 0.4) is 0 Å². The Labute approximate surface area is 117 Å². The summed E-state index contributed by atoms with van der Waals surface area (Å²) >= 11 is 0. The predicted molar refractivity (Wildman–Crippen MR) is 72.6 cm³/mol. The normalized spacial score (nSPS) is 10.1. The number of hydrogen-bond acceptors (Lipinski definition) is 4. The average molecular weight is 273 g/mol. The SMILES string of the molecule is CCOC(=O)c1ccc(Oc2ccc(C)cc2)c[n+]1[O-]. The minimum atomic E-state index is -0.649. The van der Waals surface area contributed by atoms with E-state index in [0.29, 0.717) is 16.2 Å². The van der Waals surface area contributed by atoms with Crippen molar-refractivity contribution in [3.05, 3.63) is 59.1 Å². The van der Waals surface area contributed by atoms with E-state index in [-0.39, 0.29) is 12.3 Å². The zero-order valence-electron chi connectivity index (χ0n) is 11.3. The molecule has 1 aromatic carbocycles. The summed E-state index contributed by atoms with van der Waals surface area (Å²) in [7, 11) is 0. The van der Waals surface area contributed by atoms with Gasteiger partial charge in [0.25, 0.3) is 0 Å². The summed E-state index contributed by atoms with van der Waals surface area (Å²) in [4.78, 5) is 11.5. The molecule has 0 atom stereocenters. The molecule has 20 heavy (non-hydrogen) atoms. The summed E-state index contributed by atoms with van der Waals surface area (Å²) in [5.41, 5.74) is 1.05. The molecule has 0 radical (unpaired) electrons. The molecule has 1 heterocycles. The van der Waals surface area contributed by atoms with Gasteiger partial charge in [0.1, 0.15) is 5.75 Å². The average Bonchev–Trinajstić information content (AvgIpc) is 2.42. The second-order valence-electron chi connectivity index (χ2n) is 4.21. The summed E-state index contributed by atoms with van der Waals surface area (Å²) in [6.45, 7) is 3.88. The summed E-state index contributed by atoms with van der Waals surface area (Å²) < 4.78 is 10.8. The number of aryl methyl sites for hydroxylation is 1. The fraction of sp³-hybridized carbons (Fsp3) is 0.200. The lowest BCUT2D eigenvalue weighted by molar-refractivity contribution is -0.608. The Hall–Kier alpha value is -2.56. The number of ether oxygens (including phenoxy) is 2. The van der Waals surface area contributed by atoms with Gasteiger partial charge in [-0.2, -0.15) is 4.73 Å². The molecule has 0 N–H and O–H groups in total. The highest BCUT2D eigenvalue weighted by molar-refractivity contribution is 5.85. The zero-order chi connectivity index (χ0) is 14.5. The van der Waals surface area contributed by atoms with E-state index in [4.69, 9.17) is 9.47 Å². The van der Waals surface area contributed by atoms with Gasteiger partial charge < -0.3 is 14.7 Å². The molecule has 2 aromatic rings. The topological polar surface area (TPSA) is 62.5 Å². The van der Waals surface area contributed by atoms with Gasteiger partial charge >= 0.3 is 11.7 Å². The Morgan fingerprint density at radius 1 is 1.15 bits per heavy atom. The first-order chi connectivity index (χ1) is 9.60. The maximum absolute atomic E-state index is 11.7. The van der Waals surface area contributed by atoms with Crippen molar-refractivity contribution < 1.29 is 19.0 Å². The lowest BCUT2D eigenvalue weighted by Gasteiger charge is -2.07. The molecular weight excluding hydrogens is 258 g/mol. The van der Waals surface area contributed by atoms with Crippen molar-refractivity contribution in [1.29, 1.82) is 0 Å².